The van der Waals surface area contributed by atoms with Crippen LogP contribution in [0.15, 0.2) is 180 Å². The molecule has 0 radical (unpaired) electrons. The molecule has 10 rings (SSSR count). The lowest BCUT2D eigenvalue weighted by Crippen LogP contribution is -2.09. The van der Waals surface area contributed by atoms with Crippen molar-refractivity contribution in [1.29, 1.82) is 0 Å². The Morgan fingerprint density at radius 2 is 1.10 bits per heavy atom. The van der Waals surface area contributed by atoms with Crippen molar-refractivity contribution in [3.63, 3.8) is 0 Å². The Bertz CT molecular complexity index is 3040. The van der Waals surface area contributed by atoms with Crippen LogP contribution >= 0.6 is 11.3 Å². The second kappa shape index (κ2) is 11.2. The van der Waals surface area contributed by atoms with Crippen molar-refractivity contribution in [3.8, 4) is 22.3 Å². The van der Waals surface area contributed by atoms with Gasteiger partial charge in [-0.15, -0.1) is 11.3 Å². The van der Waals surface area contributed by atoms with Gasteiger partial charge >= 0.3 is 0 Å². The average Bonchev–Trinajstić information content (AvgIpc) is 3.77. The van der Waals surface area contributed by atoms with Gasteiger partial charge in [-0.2, -0.15) is 0 Å². The van der Waals surface area contributed by atoms with Crippen molar-refractivity contribution in [2.45, 2.75) is 0 Å². The summed E-state index contributed by atoms with van der Waals surface area (Å²) in [4.78, 5) is 1.87. The van der Waals surface area contributed by atoms with Crippen LogP contribution in [0.3, 0.4) is 0 Å². The van der Waals surface area contributed by atoms with E-state index in [2.05, 4.69) is 66.7 Å². The molecular formula is C46H29NOS. The molecule has 0 aliphatic heterocycles. The number of furan rings is 1. The summed E-state index contributed by atoms with van der Waals surface area (Å²) in [7, 11) is 0. The number of fused-ring (bicyclic) bond motifs is 7. The van der Waals surface area contributed by atoms with E-state index in [1.165, 1.54) is 4.70 Å². The van der Waals surface area contributed by atoms with Gasteiger partial charge in [0, 0.05) is 48.0 Å². The third-order valence-corrected chi connectivity index (χ3v) is 10.5. The molecule has 0 aliphatic rings. The summed E-state index contributed by atoms with van der Waals surface area (Å²) < 4.78 is 46.5. The Labute approximate surface area is 293 Å². The zero-order valence-electron chi connectivity index (χ0n) is 30.2. The van der Waals surface area contributed by atoms with E-state index in [4.69, 9.17) is 4.42 Å². The second-order valence-electron chi connectivity index (χ2n) is 12.2. The van der Waals surface area contributed by atoms with E-state index in [1.807, 2.05) is 89.8 Å². The molecule has 0 N–H and O–H groups in total. The quantitative estimate of drug-likeness (QED) is 0.185. The van der Waals surface area contributed by atoms with Gasteiger partial charge in [0.05, 0.1) is 5.48 Å². The molecule has 8 aromatic carbocycles. The van der Waals surface area contributed by atoms with Gasteiger partial charge in [-0.3, -0.25) is 0 Å². The second-order valence-corrected chi connectivity index (χ2v) is 13.3. The number of rotatable bonds is 5. The van der Waals surface area contributed by atoms with Gasteiger partial charge in [0.1, 0.15) is 11.2 Å². The van der Waals surface area contributed by atoms with Gasteiger partial charge in [0.25, 0.3) is 0 Å². The van der Waals surface area contributed by atoms with Gasteiger partial charge in [0.2, 0.25) is 0 Å². The number of hydrogen-bond acceptors (Lipinski definition) is 3. The maximum atomic E-state index is 9.56. The number of benzene rings is 8. The highest BCUT2D eigenvalue weighted by Gasteiger charge is 2.17. The zero-order chi connectivity index (χ0) is 35.8. The van der Waals surface area contributed by atoms with Crippen LogP contribution in [0.2, 0.25) is 0 Å². The third-order valence-electron chi connectivity index (χ3n) is 9.35. The molecule has 0 unspecified atom stereocenters. The van der Waals surface area contributed by atoms with Crippen molar-refractivity contribution in [2.24, 2.45) is 0 Å². The molecule has 3 heteroatoms. The fraction of sp³-hybridized carbons (Fsp3) is 0. The van der Waals surface area contributed by atoms with Crippen molar-refractivity contribution in [3.05, 3.63) is 176 Å². The normalized spacial score (nSPS) is 12.8. The number of para-hydroxylation sites is 1. The molecule has 0 aliphatic carbocycles. The van der Waals surface area contributed by atoms with E-state index in [9.17, 15) is 5.48 Å². The molecule has 0 saturated heterocycles. The Kier molecular flexibility index (Phi) is 5.51. The number of hydrogen-bond donors (Lipinski definition) is 0. The summed E-state index contributed by atoms with van der Waals surface area (Å²) in [6.07, 6.45) is 0. The van der Waals surface area contributed by atoms with Crippen molar-refractivity contribution in [1.82, 2.24) is 0 Å². The van der Waals surface area contributed by atoms with Gasteiger partial charge in [0.15, 0.2) is 0 Å². The Morgan fingerprint density at radius 1 is 0.449 bits per heavy atom. The number of anilines is 3. The Balaban J connectivity index is 1.20. The highest BCUT2D eigenvalue weighted by atomic mass is 32.1. The summed E-state index contributed by atoms with van der Waals surface area (Å²) in [5.74, 6) is 0. The SMILES string of the molecule is [2H]c1c([2H])c(N(c2ccc(-c3cccc4ccccc34)cc2)c2ccc3sc4ccccc4c3c2)c([2H])c([2H])c1-c1cccc2oc3ccccc3c12. The molecule has 2 heterocycles. The highest BCUT2D eigenvalue weighted by molar-refractivity contribution is 7.25. The lowest BCUT2D eigenvalue weighted by molar-refractivity contribution is 0.669. The maximum Gasteiger partial charge on any atom is 0.136 e. The minimum absolute atomic E-state index is 0.113. The molecule has 0 bridgehead atoms. The lowest BCUT2D eigenvalue weighted by Gasteiger charge is -2.26. The van der Waals surface area contributed by atoms with E-state index < -0.39 is 0 Å². The molecule has 0 saturated carbocycles. The van der Waals surface area contributed by atoms with Crippen molar-refractivity contribution in [2.75, 3.05) is 4.90 Å². The van der Waals surface area contributed by atoms with E-state index in [1.54, 1.807) is 11.3 Å². The summed E-state index contributed by atoms with van der Waals surface area (Å²) >= 11 is 1.73. The summed E-state index contributed by atoms with van der Waals surface area (Å²) in [6.45, 7) is 0. The minimum atomic E-state index is -0.126. The number of thiophene rings is 1. The van der Waals surface area contributed by atoms with Crippen LogP contribution in [0.25, 0.3) is 75.1 Å². The molecule has 0 fully saturated rings. The first-order valence-electron chi connectivity index (χ1n) is 18.3. The van der Waals surface area contributed by atoms with Gasteiger partial charge < -0.3 is 9.32 Å². The third kappa shape index (κ3) is 4.62. The predicted octanol–water partition coefficient (Wildman–Crippen LogP) is 13.9. The van der Waals surface area contributed by atoms with Crippen LogP contribution < -0.4 is 4.90 Å². The van der Waals surface area contributed by atoms with Crippen molar-refractivity contribution >= 4 is 81.3 Å². The largest absolute Gasteiger partial charge is 0.456 e. The minimum Gasteiger partial charge on any atom is -0.456 e. The van der Waals surface area contributed by atoms with E-state index in [-0.39, 0.29) is 35.4 Å². The molecular weight excluding hydrogens is 615 g/mol. The van der Waals surface area contributed by atoms with E-state index in [0.717, 1.165) is 59.5 Å². The fourth-order valence-corrected chi connectivity index (χ4v) is 8.15. The van der Waals surface area contributed by atoms with E-state index >= 15 is 0 Å². The maximum absolute atomic E-state index is 9.56. The molecule has 49 heavy (non-hydrogen) atoms. The lowest BCUT2D eigenvalue weighted by atomic mass is 9.97. The fourth-order valence-electron chi connectivity index (χ4n) is 7.06. The van der Waals surface area contributed by atoms with Gasteiger partial charge in [-0.05, 0) is 93.6 Å². The first-order valence-corrected chi connectivity index (χ1v) is 17.1. The summed E-state index contributed by atoms with van der Waals surface area (Å²) in [5, 5.41) is 6.16. The van der Waals surface area contributed by atoms with E-state index in [0.29, 0.717) is 16.7 Å². The summed E-state index contributed by atoms with van der Waals surface area (Å²) in [5.41, 5.74) is 6.00. The first kappa shape index (κ1) is 24.1. The van der Waals surface area contributed by atoms with Crippen LogP contribution in [-0.2, 0) is 0 Å². The Morgan fingerprint density at radius 3 is 1.98 bits per heavy atom. The molecule has 2 nitrogen and oxygen atoms in total. The molecule has 0 atom stereocenters. The highest BCUT2D eigenvalue weighted by Crippen LogP contribution is 2.43. The summed E-state index contributed by atoms with van der Waals surface area (Å²) in [6, 6.07) is 50.1. The standard InChI is InChI=1S/C46H29NOS/c1-2-11-36-30(9-1)10-7-14-37(36)31-19-23-33(24-20-31)47(35-27-28-45-41(29-35)39-12-4-6-18-44(39)49-45)34-25-21-32(22-26-34)38-15-8-17-43-46(38)40-13-3-5-16-42(40)48-43/h1-29H/i21D,22D,25D,26D. The predicted molar refractivity (Wildman–Crippen MR) is 210 cm³/mol. The molecule has 10 aromatic rings. The van der Waals surface area contributed by atoms with Gasteiger partial charge in [-0.25, -0.2) is 0 Å². The molecule has 230 valence electrons. The van der Waals surface area contributed by atoms with Crippen molar-refractivity contribution < 1.29 is 9.90 Å². The topological polar surface area (TPSA) is 16.4 Å². The van der Waals surface area contributed by atoms with Gasteiger partial charge in [-0.1, -0.05) is 115 Å². The molecule has 0 spiro atoms. The smallest absolute Gasteiger partial charge is 0.136 e. The molecule has 0 amide bonds. The van der Waals surface area contributed by atoms with Crippen LogP contribution in [0.1, 0.15) is 5.48 Å². The van der Waals surface area contributed by atoms with Crippen LogP contribution in [0, 0.1) is 0 Å². The van der Waals surface area contributed by atoms with Crippen LogP contribution in [0.5, 0.6) is 0 Å². The monoisotopic (exact) mass is 647 g/mol. The van der Waals surface area contributed by atoms with Crippen LogP contribution in [0.4, 0.5) is 17.1 Å². The first-order chi connectivity index (χ1) is 26.0. The molecule has 2 aromatic heterocycles. The average molecular weight is 648 g/mol. The zero-order valence-corrected chi connectivity index (χ0v) is 27.0. The Hall–Kier alpha value is -6.16. The number of nitrogens with zero attached hydrogens (tertiary/aromatic N) is 1. The van der Waals surface area contributed by atoms with Crippen LogP contribution in [-0.4, -0.2) is 0 Å².